The molecule has 0 N–H and O–H groups in total. The van der Waals surface area contributed by atoms with E-state index >= 15 is 0 Å². The normalized spacial score (nSPS) is 10.7. The maximum atomic E-state index is 11.3. The van der Waals surface area contributed by atoms with E-state index in [1.807, 2.05) is 60.7 Å². The Morgan fingerprint density at radius 3 is 1.77 bits per heavy atom. The molecule has 1 nitrogen and oxygen atoms in total. The van der Waals surface area contributed by atoms with Crippen molar-refractivity contribution in [3.05, 3.63) is 95.6 Å². The number of aldehydes is 1. The Morgan fingerprint density at radius 2 is 1.09 bits per heavy atom. The van der Waals surface area contributed by atoms with Gasteiger partial charge >= 0.3 is 0 Å². The van der Waals surface area contributed by atoms with Crippen LogP contribution in [0.3, 0.4) is 0 Å². The fourth-order valence-corrected chi connectivity index (χ4v) is 2.48. The predicted octanol–water partition coefficient (Wildman–Crippen LogP) is 5.34. The fourth-order valence-electron chi connectivity index (χ4n) is 2.48. The first-order valence-electron chi connectivity index (χ1n) is 7.25. The highest BCUT2D eigenvalue weighted by Crippen LogP contribution is 2.27. The number of carbonyl (C=O) groups excluding carboxylic acids is 1. The van der Waals surface area contributed by atoms with Crippen LogP contribution < -0.4 is 0 Å². The van der Waals surface area contributed by atoms with Crippen molar-refractivity contribution in [2.24, 2.45) is 0 Å². The second kappa shape index (κ2) is 6.68. The average molecular weight is 284 g/mol. The highest BCUT2D eigenvalue weighted by atomic mass is 16.1. The smallest absolute Gasteiger partial charge is 0.150 e. The van der Waals surface area contributed by atoms with Gasteiger partial charge in [0.1, 0.15) is 0 Å². The van der Waals surface area contributed by atoms with Gasteiger partial charge in [-0.1, -0.05) is 91.0 Å². The van der Waals surface area contributed by atoms with Crippen molar-refractivity contribution >= 4 is 18.4 Å². The lowest BCUT2D eigenvalue weighted by atomic mass is 9.95. The van der Waals surface area contributed by atoms with E-state index in [4.69, 9.17) is 0 Å². The average Bonchev–Trinajstić information content (AvgIpc) is 2.61. The van der Waals surface area contributed by atoms with Gasteiger partial charge in [-0.05, 0) is 22.3 Å². The van der Waals surface area contributed by atoms with Crippen LogP contribution in [0.2, 0.25) is 0 Å². The molecular formula is C21H16O. The number of hydrogen-bond acceptors (Lipinski definition) is 1. The molecule has 0 saturated heterocycles. The molecule has 0 aliphatic heterocycles. The molecule has 0 atom stereocenters. The summed E-state index contributed by atoms with van der Waals surface area (Å²) in [6.45, 7) is 0. The quantitative estimate of drug-likeness (QED) is 0.467. The Hall–Kier alpha value is -2.93. The van der Waals surface area contributed by atoms with Gasteiger partial charge in [0.25, 0.3) is 0 Å². The molecule has 3 aromatic rings. The molecule has 0 heterocycles. The van der Waals surface area contributed by atoms with Gasteiger partial charge in [-0.3, -0.25) is 4.79 Å². The molecule has 0 saturated carbocycles. The summed E-state index contributed by atoms with van der Waals surface area (Å²) in [5.74, 6) is 0. The lowest BCUT2D eigenvalue weighted by Gasteiger charge is -2.08. The van der Waals surface area contributed by atoms with Gasteiger partial charge in [0, 0.05) is 5.56 Å². The van der Waals surface area contributed by atoms with Crippen LogP contribution in [0.25, 0.3) is 23.3 Å². The van der Waals surface area contributed by atoms with Crippen LogP contribution >= 0.6 is 0 Å². The molecule has 0 unspecified atom stereocenters. The van der Waals surface area contributed by atoms with Gasteiger partial charge in [-0.25, -0.2) is 0 Å². The first kappa shape index (κ1) is 14.0. The number of hydrogen-bond donors (Lipinski definition) is 0. The summed E-state index contributed by atoms with van der Waals surface area (Å²) in [7, 11) is 0. The molecule has 0 bridgehead atoms. The molecule has 1 heteroatoms. The van der Waals surface area contributed by atoms with E-state index in [0.29, 0.717) is 5.56 Å². The van der Waals surface area contributed by atoms with Crippen molar-refractivity contribution in [1.29, 1.82) is 0 Å². The van der Waals surface area contributed by atoms with E-state index in [1.165, 1.54) is 0 Å². The maximum absolute atomic E-state index is 11.3. The summed E-state index contributed by atoms with van der Waals surface area (Å²) in [5.41, 5.74) is 4.99. The minimum Gasteiger partial charge on any atom is -0.298 e. The number of rotatable bonds is 4. The van der Waals surface area contributed by atoms with Gasteiger partial charge in [0.2, 0.25) is 0 Å². The summed E-state index contributed by atoms with van der Waals surface area (Å²) in [6.07, 6.45) is 5.08. The Bertz CT molecular complexity index is 801. The number of benzene rings is 3. The molecule has 0 fully saturated rings. The summed E-state index contributed by atoms with van der Waals surface area (Å²) in [5, 5.41) is 0. The molecule has 0 amide bonds. The highest BCUT2D eigenvalue weighted by molar-refractivity contribution is 5.91. The van der Waals surface area contributed by atoms with Gasteiger partial charge in [0.15, 0.2) is 6.29 Å². The van der Waals surface area contributed by atoms with Crippen molar-refractivity contribution in [1.82, 2.24) is 0 Å². The molecule has 0 spiro atoms. The summed E-state index contributed by atoms with van der Waals surface area (Å²) in [4.78, 5) is 11.3. The predicted molar refractivity (Wildman–Crippen MR) is 92.6 cm³/mol. The van der Waals surface area contributed by atoms with Crippen LogP contribution in [0.4, 0.5) is 0 Å². The Balaban J connectivity index is 2.04. The van der Waals surface area contributed by atoms with Crippen molar-refractivity contribution in [3.63, 3.8) is 0 Å². The first-order valence-corrected chi connectivity index (χ1v) is 7.25. The van der Waals surface area contributed by atoms with Crippen LogP contribution in [0.5, 0.6) is 0 Å². The van der Waals surface area contributed by atoms with Crippen molar-refractivity contribution in [2.45, 2.75) is 0 Å². The standard InChI is InChI=1S/C21H16O/c22-16-19-11-5-7-13-21(19)20-12-6-4-10-18(20)15-14-17-8-2-1-3-9-17/h1-16H. The molecule has 0 aliphatic rings. The van der Waals surface area contributed by atoms with Gasteiger partial charge in [0.05, 0.1) is 0 Å². The molecule has 3 aromatic carbocycles. The summed E-state index contributed by atoms with van der Waals surface area (Å²) in [6, 6.07) is 26.0. The number of carbonyl (C=O) groups is 1. The first-order chi connectivity index (χ1) is 10.9. The molecule has 3 rings (SSSR count). The second-order valence-corrected chi connectivity index (χ2v) is 5.04. The van der Waals surface area contributed by atoms with E-state index < -0.39 is 0 Å². The largest absolute Gasteiger partial charge is 0.298 e. The van der Waals surface area contributed by atoms with Gasteiger partial charge in [-0.15, -0.1) is 0 Å². The molecule has 0 aromatic heterocycles. The van der Waals surface area contributed by atoms with E-state index in [1.54, 1.807) is 0 Å². The third kappa shape index (κ3) is 3.04. The highest BCUT2D eigenvalue weighted by Gasteiger charge is 2.06. The Morgan fingerprint density at radius 1 is 0.545 bits per heavy atom. The van der Waals surface area contributed by atoms with Crippen LogP contribution in [-0.2, 0) is 0 Å². The zero-order valence-electron chi connectivity index (χ0n) is 12.1. The van der Waals surface area contributed by atoms with Crippen molar-refractivity contribution in [3.8, 4) is 11.1 Å². The molecule has 0 aliphatic carbocycles. The Labute approximate surface area is 130 Å². The summed E-state index contributed by atoms with van der Waals surface area (Å²) >= 11 is 0. The zero-order valence-corrected chi connectivity index (χ0v) is 12.1. The van der Waals surface area contributed by atoms with Gasteiger partial charge < -0.3 is 0 Å². The third-order valence-electron chi connectivity index (χ3n) is 3.59. The van der Waals surface area contributed by atoms with Crippen molar-refractivity contribution < 1.29 is 4.79 Å². The maximum Gasteiger partial charge on any atom is 0.150 e. The third-order valence-corrected chi connectivity index (χ3v) is 3.59. The van der Waals surface area contributed by atoms with Crippen LogP contribution in [0.1, 0.15) is 21.5 Å². The minimum atomic E-state index is 0.711. The van der Waals surface area contributed by atoms with Crippen LogP contribution in [0.15, 0.2) is 78.9 Å². The van der Waals surface area contributed by atoms with E-state index in [0.717, 1.165) is 28.5 Å². The molecular weight excluding hydrogens is 268 g/mol. The van der Waals surface area contributed by atoms with Crippen LogP contribution in [0, 0.1) is 0 Å². The molecule has 0 radical (unpaired) electrons. The van der Waals surface area contributed by atoms with Crippen LogP contribution in [-0.4, -0.2) is 6.29 Å². The minimum absolute atomic E-state index is 0.711. The Kier molecular flexibility index (Phi) is 4.26. The SMILES string of the molecule is O=Cc1ccccc1-c1ccccc1C=Cc1ccccc1. The molecule has 22 heavy (non-hydrogen) atoms. The second-order valence-electron chi connectivity index (χ2n) is 5.04. The summed E-state index contributed by atoms with van der Waals surface area (Å²) < 4.78 is 0. The van der Waals surface area contributed by atoms with E-state index in [2.05, 4.69) is 30.4 Å². The zero-order chi connectivity index (χ0) is 15.2. The van der Waals surface area contributed by atoms with Gasteiger partial charge in [-0.2, -0.15) is 0 Å². The van der Waals surface area contributed by atoms with Crippen molar-refractivity contribution in [2.75, 3.05) is 0 Å². The van der Waals surface area contributed by atoms with E-state index in [-0.39, 0.29) is 0 Å². The van der Waals surface area contributed by atoms with E-state index in [9.17, 15) is 4.79 Å². The monoisotopic (exact) mass is 284 g/mol. The lowest BCUT2D eigenvalue weighted by Crippen LogP contribution is -1.89. The fraction of sp³-hybridized carbons (Fsp3) is 0. The lowest BCUT2D eigenvalue weighted by molar-refractivity contribution is 0.112. The molecule has 106 valence electrons. The topological polar surface area (TPSA) is 17.1 Å².